The highest BCUT2D eigenvalue weighted by Crippen LogP contribution is 2.35. The van der Waals surface area contributed by atoms with Gasteiger partial charge in [-0.3, -0.25) is 14.6 Å². The average Bonchev–Trinajstić information content (AvgIpc) is 2.67. The maximum Gasteiger partial charge on any atom is 0.160 e. The van der Waals surface area contributed by atoms with E-state index in [1.54, 1.807) is 14.0 Å². The van der Waals surface area contributed by atoms with E-state index in [0.29, 0.717) is 11.6 Å². The Bertz CT molecular complexity index is 624. The first-order valence-corrected chi connectivity index (χ1v) is 10.5. The van der Waals surface area contributed by atoms with Crippen molar-refractivity contribution in [1.29, 1.82) is 0 Å². The van der Waals surface area contributed by atoms with Crippen LogP contribution in [0.3, 0.4) is 0 Å². The molecule has 0 bridgehead atoms. The molecule has 150 valence electrons. The molecule has 0 radical (unpaired) electrons. The van der Waals surface area contributed by atoms with Crippen LogP contribution in [0, 0.1) is 5.92 Å². The van der Waals surface area contributed by atoms with Gasteiger partial charge in [0, 0.05) is 26.2 Å². The van der Waals surface area contributed by atoms with Gasteiger partial charge in [-0.1, -0.05) is 17.7 Å². The minimum absolute atomic E-state index is 0.280. The summed E-state index contributed by atoms with van der Waals surface area (Å²) in [6.07, 6.45) is 3.73. The zero-order valence-corrected chi connectivity index (χ0v) is 17.4. The molecule has 2 fully saturated rings. The molecule has 0 amide bonds. The molecule has 27 heavy (non-hydrogen) atoms. The van der Waals surface area contributed by atoms with Crippen LogP contribution in [-0.2, 0) is 4.79 Å². The first kappa shape index (κ1) is 20.4. The molecule has 5 nitrogen and oxygen atoms in total. The molecular formula is C21H32ClN3O2. The Balaban J connectivity index is 1.41. The summed E-state index contributed by atoms with van der Waals surface area (Å²) in [6, 6.07) is 5.96. The van der Waals surface area contributed by atoms with Crippen LogP contribution in [0.1, 0.15) is 26.2 Å². The van der Waals surface area contributed by atoms with Crippen LogP contribution in [0.4, 0.5) is 5.69 Å². The lowest BCUT2D eigenvalue weighted by Crippen LogP contribution is -2.47. The molecule has 0 spiro atoms. The number of ether oxygens (including phenoxy) is 1. The van der Waals surface area contributed by atoms with Crippen molar-refractivity contribution in [2.75, 3.05) is 64.4 Å². The Morgan fingerprint density at radius 1 is 1.11 bits per heavy atom. The second-order valence-corrected chi connectivity index (χ2v) is 8.24. The molecule has 2 aliphatic heterocycles. The summed E-state index contributed by atoms with van der Waals surface area (Å²) in [5.41, 5.74) is 1.10. The number of carbonyl (C=O) groups excluding carboxylic acids is 1. The van der Waals surface area contributed by atoms with E-state index in [-0.39, 0.29) is 5.78 Å². The number of anilines is 1. The van der Waals surface area contributed by atoms with Crippen molar-refractivity contribution in [1.82, 2.24) is 9.80 Å². The summed E-state index contributed by atoms with van der Waals surface area (Å²) in [5.74, 6) is 1.87. The summed E-state index contributed by atoms with van der Waals surface area (Å²) >= 11 is 6.27. The van der Waals surface area contributed by atoms with Gasteiger partial charge in [-0.25, -0.2) is 0 Å². The topological polar surface area (TPSA) is 36.0 Å². The molecule has 0 atom stereocenters. The molecule has 2 saturated heterocycles. The number of nitrogens with zero attached hydrogens (tertiary/aromatic N) is 3. The number of piperidine rings is 1. The Morgan fingerprint density at radius 2 is 1.81 bits per heavy atom. The zero-order valence-electron chi connectivity index (χ0n) is 16.6. The second-order valence-electron chi connectivity index (χ2n) is 7.83. The third-order valence-electron chi connectivity index (χ3n) is 5.87. The predicted octanol–water partition coefficient (Wildman–Crippen LogP) is 3.16. The van der Waals surface area contributed by atoms with Gasteiger partial charge in [-0.05, 0) is 63.9 Å². The molecular weight excluding hydrogens is 362 g/mol. The number of methoxy groups -OCH3 is 1. The number of benzene rings is 1. The van der Waals surface area contributed by atoms with E-state index < -0.39 is 0 Å². The molecule has 2 heterocycles. The van der Waals surface area contributed by atoms with Crippen molar-refractivity contribution in [3.05, 3.63) is 23.2 Å². The van der Waals surface area contributed by atoms with Crippen LogP contribution in [-0.4, -0.2) is 75.1 Å². The number of Topliss-reactive ketones (excluding diaryl/α,β-unsaturated/α-hetero) is 1. The Labute approximate surface area is 168 Å². The Morgan fingerprint density at radius 3 is 2.44 bits per heavy atom. The first-order chi connectivity index (χ1) is 13.1. The lowest BCUT2D eigenvalue weighted by Gasteiger charge is -2.38. The van der Waals surface area contributed by atoms with Crippen LogP contribution in [0.5, 0.6) is 5.75 Å². The number of carbonyl (C=O) groups is 1. The van der Waals surface area contributed by atoms with Crippen molar-refractivity contribution in [2.45, 2.75) is 26.2 Å². The lowest BCUT2D eigenvalue weighted by molar-refractivity contribution is -0.118. The van der Waals surface area contributed by atoms with E-state index >= 15 is 0 Å². The summed E-state index contributed by atoms with van der Waals surface area (Å²) in [7, 11) is 1.68. The normalized spacial score (nSPS) is 20.0. The van der Waals surface area contributed by atoms with Crippen LogP contribution < -0.4 is 9.64 Å². The molecule has 0 unspecified atom stereocenters. The van der Waals surface area contributed by atoms with Gasteiger partial charge in [0.05, 0.1) is 24.4 Å². The summed E-state index contributed by atoms with van der Waals surface area (Å²) in [6.45, 7) is 9.82. The number of likely N-dealkylation sites (tertiary alicyclic amines) is 1. The molecule has 0 aliphatic carbocycles. The smallest absolute Gasteiger partial charge is 0.160 e. The van der Waals surface area contributed by atoms with E-state index in [1.807, 2.05) is 12.1 Å². The number of hydrogen-bond donors (Lipinski definition) is 0. The SMILES string of the molecule is COc1c(Cl)cccc1N1CCN(CCC2CCN(CC(C)=O)CC2)CC1. The van der Waals surface area contributed by atoms with Crippen LogP contribution in [0.15, 0.2) is 18.2 Å². The van der Waals surface area contributed by atoms with Gasteiger partial charge >= 0.3 is 0 Å². The third kappa shape index (κ3) is 5.59. The van der Waals surface area contributed by atoms with Gasteiger partial charge in [-0.15, -0.1) is 0 Å². The standard InChI is InChI=1S/C21H32ClN3O2/c1-17(26)16-24-10-7-18(8-11-24)6-9-23-12-14-25(15-13-23)20-5-3-4-19(22)21(20)27-2/h3-5,18H,6-16H2,1-2H3. The summed E-state index contributed by atoms with van der Waals surface area (Å²) in [5, 5.41) is 0.675. The fourth-order valence-electron chi connectivity index (χ4n) is 4.27. The average molecular weight is 394 g/mol. The predicted molar refractivity (Wildman–Crippen MR) is 111 cm³/mol. The van der Waals surface area contributed by atoms with Gasteiger partial charge in [0.15, 0.2) is 5.75 Å². The molecule has 0 N–H and O–H groups in total. The highest BCUT2D eigenvalue weighted by molar-refractivity contribution is 6.32. The highest BCUT2D eigenvalue weighted by Gasteiger charge is 2.23. The van der Waals surface area contributed by atoms with Crippen molar-refractivity contribution in [3.8, 4) is 5.75 Å². The summed E-state index contributed by atoms with van der Waals surface area (Å²) in [4.78, 5) is 18.5. The molecule has 6 heteroatoms. The first-order valence-electron chi connectivity index (χ1n) is 10.1. The highest BCUT2D eigenvalue weighted by atomic mass is 35.5. The maximum absolute atomic E-state index is 11.2. The molecule has 1 aromatic rings. The monoisotopic (exact) mass is 393 g/mol. The van der Waals surface area contributed by atoms with Crippen molar-refractivity contribution in [2.24, 2.45) is 5.92 Å². The van der Waals surface area contributed by atoms with Gasteiger partial charge in [0.2, 0.25) is 0 Å². The van der Waals surface area contributed by atoms with Crippen LogP contribution in [0.2, 0.25) is 5.02 Å². The largest absolute Gasteiger partial charge is 0.493 e. The van der Waals surface area contributed by atoms with Crippen LogP contribution in [0.25, 0.3) is 0 Å². The van der Waals surface area contributed by atoms with Gasteiger partial charge in [0.25, 0.3) is 0 Å². The second kappa shape index (κ2) is 9.76. The van der Waals surface area contributed by atoms with Gasteiger partial charge in [0.1, 0.15) is 5.78 Å². The maximum atomic E-state index is 11.2. The van der Waals surface area contributed by atoms with Crippen molar-refractivity contribution < 1.29 is 9.53 Å². The quantitative estimate of drug-likeness (QED) is 0.711. The molecule has 0 saturated carbocycles. The van der Waals surface area contributed by atoms with Crippen molar-refractivity contribution >= 4 is 23.1 Å². The Kier molecular flexibility index (Phi) is 7.39. The summed E-state index contributed by atoms with van der Waals surface area (Å²) < 4.78 is 5.50. The molecule has 3 rings (SSSR count). The fraction of sp³-hybridized carbons (Fsp3) is 0.667. The number of halogens is 1. The molecule has 0 aromatic heterocycles. The number of piperazine rings is 1. The lowest BCUT2D eigenvalue weighted by atomic mass is 9.93. The van der Waals surface area contributed by atoms with Crippen molar-refractivity contribution in [3.63, 3.8) is 0 Å². The minimum atomic E-state index is 0.280. The third-order valence-corrected chi connectivity index (χ3v) is 6.17. The fourth-order valence-corrected chi connectivity index (χ4v) is 4.52. The zero-order chi connectivity index (χ0) is 19.2. The van der Waals surface area contributed by atoms with E-state index in [1.165, 1.54) is 25.8 Å². The Hall–Kier alpha value is -1.30. The number of hydrogen-bond acceptors (Lipinski definition) is 5. The number of rotatable bonds is 7. The number of ketones is 1. The van der Waals surface area contributed by atoms with Crippen LogP contribution >= 0.6 is 11.6 Å². The minimum Gasteiger partial charge on any atom is -0.493 e. The molecule has 2 aliphatic rings. The van der Waals surface area contributed by atoms with Gasteiger partial charge < -0.3 is 9.64 Å². The van der Waals surface area contributed by atoms with E-state index in [9.17, 15) is 4.79 Å². The van der Waals surface area contributed by atoms with E-state index in [2.05, 4.69) is 20.8 Å². The van der Waals surface area contributed by atoms with E-state index in [4.69, 9.17) is 16.3 Å². The van der Waals surface area contributed by atoms with E-state index in [0.717, 1.165) is 56.6 Å². The number of para-hydroxylation sites is 1. The van der Waals surface area contributed by atoms with Gasteiger partial charge in [-0.2, -0.15) is 0 Å². The molecule has 1 aromatic carbocycles.